The summed E-state index contributed by atoms with van der Waals surface area (Å²) in [6.45, 7) is 5.94. The van der Waals surface area contributed by atoms with Crippen molar-refractivity contribution in [1.82, 2.24) is 5.32 Å². The second-order valence-electron chi connectivity index (χ2n) is 11.1. The predicted octanol–water partition coefficient (Wildman–Crippen LogP) is 6.27. The van der Waals surface area contributed by atoms with Gasteiger partial charge in [-0.25, -0.2) is 4.39 Å². The molecule has 8 heteroatoms. The minimum absolute atomic E-state index is 0.0406. The molecule has 42 heavy (non-hydrogen) atoms. The number of hydrogen-bond acceptors (Lipinski definition) is 5. The quantitative estimate of drug-likeness (QED) is 0.198. The smallest absolute Gasteiger partial charge is 0.251 e. The first kappa shape index (κ1) is 31.0. The third-order valence-corrected chi connectivity index (χ3v) is 7.50. The van der Waals surface area contributed by atoms with Crippen molar-refractivity contribution >= 4 is 17.5 Å². The van der Waals surface area contributed by atoms with Crippen LogP contribution in [0.15, 0.2) is 72.8 Å². The van der Waals surface area contributed by atoms with Crippen molar-refractivity contribution in [1.29, 1.82) is 0 Å². The molecule has 0 bridgehead atoms. The molecule has 0 unspecified atom stereocenters. The lowest BCUT2D eigenvalue weighted by atomic mass is 9.92. The number of benzene rings is 3. The number of ether oxygens (including phenoxy) is 2. The van der Waals surface area contributed by atoms with E-state index in [1.807, 2.05) is 36.4 Å². The summed E-state index contributed by atoms with van der Waals surface area (Å²) in [5, 5.41) is 5.95. The Labute approximate surface area is 248 Å². The van der Waals surface area contributed by atoms with Crippen LogP contribution in [0, 0.1) is 11.7 Å². The number of nitrogens with one attached hydrogen (secondary N) is 2. The van der Waals surface area contributed by atoms with Gasteiger partial charge in [-0.2, -0.15) is 0 Å². The van der Waals surface area contributed by atoms with E-state index in [0.717, 1.165) is 31.2 Å². The highest BCUT2D eigenvalue weighted by atomic mass is 19.1. The van der Waals surface area contributed by atoms with Crippen molar-refractivity contribution in [2.45, 2.75) is 83.6 Å². The lowest BCUT2D eigenvalue weighted by Gasteiger charge is -2.27. The summed E-state index contributed by atoms with van der Waals surface area (Å²) in [6, 6.07) is 19.8. The van der Waals surface area contributed by atoms with Gasteiger partial charge < -0.3 is 25.8 Å². The number of hydrogen-bond donors (Lipinski definition) is 3. The molecule has 1 aliphatic rings. The molecule has 4 N–H and O–H groups in total. The van der Waals surface area contributed by atoms with E-state index in [0.29, 0.717) is 35.6 Å². The molecule has 3 aromatic carbocycles. The zero-order valence-electron chi connectivity index (χ0n) is 24.6. The molecule has 3 aromatic rings. The van der Waals surface area contributed by atoms with Crippen LogP contribution in [0.5, 0.6) is 11.5 Å². The maximum atomic E-state index is 13.7. The van der Waals surface area contributed by atoms with E-state index in [-0.39, 0.29) is 29.8 Å². The van der Waals surface area contributed by atoms with Crippen LogP contribution in [0.2, 0.25) is 0 Å². The number of anilines is 1. The van der Waals surface area contributed by atoms with Gasteiger partial charge in [0.2, 0.25) is 5.91 Å². The summed E-state index contributed by atoms with van der Waals surface area (Å²) in [5.74, 6) is -0.125. The van der Waals surface area contributed by atoms with Gasteiger partial charge in [-0.3, -0.25) is 9.59 Å². The van der Waals surface area contributed by atoms with Crippen molar-refractivity contribution < 1.29 is 23.5 Å². The van der Waals surface area contributed by atoms with Crippen LogP contribution in [0.4, 0.5) is 10.1 Å². The highest BCUT2D eigenvalue weighted by molar-refractivity contribution is 5.95. The molecule has 0 spiro atoms. The Balaban J connectivity index is 1.50. The minimum Gasteiger partial charge on any atom is -0.490 e. The summed E-state index contributed by atoms with van der Waals surface area (Å²) >= 11 is 0. The van der Waals surface area contributed by atoms with Crippen molar-refractivity contribution in [3.8, 4) is 11.5 Å². The number of carbonyl (C=O) groups excluding carboxylic acids is 2. The molecule has 2 amide bonds. The molecule has 0 aromatic heterocycles. The Kier molecular flexibility index (Phi) is 11.0. The van der Waals surface area contributed by atoms with E-state index >= 15 is 0 Å². The first-order valence-electron chi connectivity index (χ1n) is 14.9. The second-order valence-corrected chi connectivity index (χ2v) is 11.1. The molecule has 224 valence electrons. The molecule has 7 nitrogen and oxygen atoms in total. The first-order valence-corrected chi connectivity index (χ1v) is 14.9. The van der Waals surface area contributed by atoms with Crippen molar-refractivity contribution in [3.63, 3.8) is 0 Å². The Bertz CT molecular complexity index is 1310. The molecule has 0 saturated heterocycles. The fraction of sp³-hybridized carbons (Fsp3) is 0.412. The molecule has 1 saturated carbocycles. The minimum atomic E-state index is -0.519. The molecule has 0 heterocycles. The van der Waals surface area contributed by atoms with E-state index < -0.39 is 18.0 Å². The zero-order chi connectivity index (χ0) is 30.1. The molecule has 0 radical (unpaired) electrons. The molecular formula is C34H42FN3O4. The van der Waals surface area contributed by atoms with Gasteiger partial charge in [-0.05, 0) is 80.5 Å². The highest BCUT2D eigenvalue weighted by Gasteiger charge is 2.27. The normalized spacial score (nSPS) is 15.0. The number of nitrogens with two attached hydrogens (primary N) is 1. The van der Waals surface area contributed by atoms with Crippen LogP contribution in [0.3, 0.4) is 0 Å². The molecule has 4 rings (SSSR count). The van der Waals surface area contributed by atoms with Crippen LogP contribution < -0.4 is 25.8 Å². The van der Waals surface area contributed by atoms with Gasteiger partial charge in [0.1, 0.15) is 17.3 Å². The SMILES string of the molecule is CCC(CC)Oc1cc(OC2CC2)cc(C(=O)N[C@@H](Cc2ccccc2)[C@@H](N)C[C@@H](C)C(=O)Nc2ccc(F)cc2)c1. The third kappa shape index (κ3) is 9.31. The van der Waals surface area contributed by atoms with Crippen LogP contribution in [0.25, 0.3) is 0 Å². The molecule has 1 aliphatic carbocycles. The highest BCUT2D eigenvalue weighted by Crippen LogP contribution is 2.31. The molecule has 1 fully saturated rings. The van der Waals surface area contributed by atoms with Crippen molar-refractivity contribution in [2.75, 3.05) is 5.32 Å². The lowest BCUT2D eigenvalue weighted by Crippen LogP contribution is -2.50. The Morgan fingerprint density at radius 2 is 1.64 bits per heavy atom. The maximum Gasteiger partial charge on any atom is 0.251 e. The number of rotatable bonds is 15. The van der Waals surface area contributed by atoms with Gasteiger partial charge in [0.15, 0.2) is 0 Å². The van der Waals surface area contributed by atoms with Gasteiger partial charge in [0.05, 0.1) is 12.2 Å². The Hall–Kier alpha value is -3.91. The second kappa shape index (κ2) is 14.8. The molecule has 3 atom stereocenters. The number of carbonyl (C=O) groups is 2. The van der Waals surface area contributed by atoms with E-state index in [9.17, 15) is 14.0 Å². The summed E-state index contributed by atoms with van der Waals surface area (Å²) in [6.07, 6.45) is 4.75. The van der Waals surface area contributed by atoms with Gasteiger partial charge in [-0.15, -0.1) is 0 Å². The number of amides is 2. The maximum absolute atomic E-state index is 13.7. The average Bonchev–Trinajstić information content (AvgIpc) is 3.81. The van der Waals surface area contributed by atoms with E-state index in [4.69, 9.17) is 15.2 Å². The predicted molar refractivity (Wildman–Crippen MR) is 163 cm³/mol. The zero-order valence-corrected chi connectivity index (χ0v) is 24.6. The summed E-state index contributed by atoms with van der Waals surface area (Å²) < 4.78 is 25.5. The van der Waals surface area contributed by atoms with Gasteiger partial charge in [0.25, 0.3) is 5.91 Å². The van der Waals surface area contributed by atoms with E-state index in [1.165, 1.54) is 24.3 Å². The van der Waals surface area contributed by atoms with Gasteiger partial charge >= 0.3 is 0 Å². The van der Waals surface area contributed by atoms with Crippen molar-refractivity contribution in [2.24, 2.45) is 11.7 Å². The first-order chi connectivity index (χ1) is 20.2. The molecule has 0 aliphatic heterocycles. The summed E-state index contributed by atoms with van der Waals surface area (Å²) in [4.78, 5) is 26.6. The van der Waals surface area contributed by atoms with Gasteiger partial charge in [-0.1, -0.05) is 51.1 Å². The van der Waals surface area contributed by atoms with Gasteiger partial charge in [0, 0.05) is 35.3 Å². The standard InChI is InChI=1S/C34H42FN3O4/c1-4-27(5-2)41-29-19-24(20-30(21-29)42-28-15-16-28)34(40)38-32(18-23-9-7-6-8-10-23)31(36)17-22(3)33(39)37-26-13-11-25(35)12-14-26/h6-14,19-22,27-28,31-32H,4-5,15-18,36H2,1-3H3,(H,37,39)(H,38,40)/t22-,31+,32+/m1/s1. The largest absolute Gasteiger partial charge is 0.490 e. The number of halogens is 1. The summed E-state index contributed by atoms with van der Waals surface area (Å²) in [5.41, 5.74) is 8.65. The lowest BCUT2D eigenvalue weighted by molar-refractivity contribution is -0.119. The van der Waals surface area contributed by atoms with Crippen molar-refractivity contribution in [3.05, 3.63) is 89.7 Å². The fourth-order valence-electron chi connectivity index (χ4n) is 4.77. The summed E-state index contributed by atoms with van der Waals surface area (Å²) in [7, 11) is 0. The topological polar surface area (TPSA) is 103 Å². The van der Waals surface area contributed by atoms with Crippen LogP contribution >= 0.6 is 0 Å². The van der Waals surface area contributed by atoms with Crippen LogP contribution in [-0.2, 0) is 11.2 Å². The van der Waals surface area contributed by atoms with E-state index in [2.05, 4.69) is 24.5 Å². The Morgan fingerprint density at radius 3 is 2.29 bits per heavy atom. The average molecular weight is 576 g/mol. The van der Waals surface area contributed by atoms with Crippen LogP contribution in [-0.4, -0.2) is 36.1 Å². The molecular weight excluding hydrogens is 533 g/mol. The Morgan fingerprint density at radius 1 is 0.976 bits per heavy atom. The monoisotopic (exact) mass is 575 g/mol. The fourth-order valence-corrected chi connectivity index (χ4v) is 4.77. The van der Waals surface area contributed by atoms with Crippen LogP contribution in [0.1, 0.15) is 68.8 Å². The van der Waals surface area contributed by atoms with E-state index in [1.54, 1.807) is 19.1 Å². The third-order valence-electron chi connectivity index (χ3n) is 7.50.